The highest BCUT2D eigenvalue weighted by Crippen LogP contribution is 2.29. The molecule has 2 rings (SSSR count). The van der Waals surface area contributed by atoms with Crippen LogP contribution in [0.2, 0.25) is 0 Å². The Morgan fingerprint density at radius 1 is 1.18 bits per heavy atom. The fraction of sp³-hybridized carbons (Fsp3) is 0.444. The summed E-state index contributed by atoms with van der Waals surface area (Å²) in [6.45, 7) is 4.00. The molecule has 2 N–H and O–H groups in total. The maximum absolute atomic E-state index is 12.6. The largest absolute Gasteiger partial charge is 0.434 e. The van der Waals surface area contributed by atoms with Crippen LogP contribution in [0.15, 0.2) is 34.6 Å². The summed E-state index contributed by atoms with van der Waals surface area (Å²) in [6.07, 6.45) is -3.46. The van der Waals surface area contributed by atoms with Crippen LogP contribution in [0.25, 0.3) is 0 Å². The summed E-state index contributed by atoms with van der Waals surface area (Å²) < 4.78 is 43.4. The van der Waals surface area contributed by atoms with Crippen LogP contribution < -0.4 is 10.6 Å². The van der Waals surface area contributed by atoms with Gasteiger partial charge in [0.05, 0.1) is 13.2 Å². The molecule has 0 atom stereocenters. The van der Waals surface area contributed by atoms with Crippen LogP contribution in [0.5, 0.6) is 0 Å². The second kappa shape index (κ2) is 12.2. The van der Waals surface area contributed by atoms with E-state index in [9.17, 15) is 13.2 Å². The molecule has 0 saturated heterocycles. The number of rotatable bonds is 8. The number of nitrogens with zero attached hydrogens (tertiary/aromatic N) is 2. The Hall–Kier alpha value is -1.40. The van der Waals surface area contributed by atoms with Gasteiger partial charge in [-0.1, -0.05) is 31.2 Å². The van der Waals surface area contributed by atoms with E-state index in [0.29, 0.717) is 30.7 Å². The predicted molar refractivity (Wildman–Crippen MR) is 116 cm³/mol. The zero-order chi connectivity index (χ0) is 19.7. The molecule has 0 aliphatic carbocycles. The van der Waals surface area contributed by atoms with E-state index in [4.69, 9.17) is 4.74 Å². The first-order chi connectivity index (χ1) is 12.9. The van der Waals surface area contributed by atoms with Gasteiger partial charge in [-0.05, 0) is 17.5 Å². The Morgan fingerprint density at radius 3 is 2.46 bits per heavy atom. The van der Waals surface area contributed by atoms with E-state index >= 15 is 0 Å². The lowest BCUT2D eigenvalue weighted by molar-refractivity contribution is -0.140. The molecule has 28 heavy (non-hydrogen) atoms. The molecule has 0 spiro atoms. The minimum atomic E-state index is -4.42. The summed E-state index contributed by atoms with van der Waals surface area (Å²) in [7, 11) is 1.61. The van der Waals surface area contributed by atoms with Gasteiger partial charge in [0.25, 0.3) is 0 Å². The SMILES string of the molecule is CCCOCc1ccccc1CNC(=NC)NCc1nc(C(F)(F)F)cs1.I. The molecule has 0 saturated carbocycles. The lowest BCUT2D eigenvalue weighted by Gasteiger charge is -2.14. The van der Waals surface area contributed by atoms with Gasteiger partial charge in [-0.2, -0.15) is 13.2 Å². The van der Waals surface area contributed by atoms with E-state index in [1.807, 2.05) is 24.3 Å². The molecular weight excluding hydrogens is 504 g/mol. The summed E-state index contributed by atoms with van der Waals surface area (Å²) in [5.41, 5.74) is 1.29. The molecule has 1 aromatic heterocycles. The molecule has 0 unspecified atom stereocenters. The minimum absolute atomic E-state index is 0. The van der Waals surface area contributed by atoms with Crippen molar-refractivity contribution in [1.29, 1.82) is 0 Å². The van der Waals surface area contributed by atoms with Gasteiger partial charge in [0.2, 0.25) is 0 Å². The third-order valence-corrected chi connectivity index (χ3v) is 4.49. The highest BCUT2D eigenvalue weighted by atomic mass is 127. The number of aliphatic imine (C=N–C) groups is 1. The zero-order valence-corrected chi connectivity index (χ0v) is 18.8. The Morgan fingerprint density at radius 2 is 1.86 bits per heavy atom. The lowest BCUT2D eigenvalue weighted by atomic mass is 10.1. The van der Waals surface area contributed by atoms with E-state index in [2.05, 4.69) is 27.5 Å². The summed E-state index contributed by atoms with van der Waals surface area (Å²) in [4.78, 5) is 7.69. The number of nitrogens with one attached hydrogen (secondary N) is 2. The molecule has 1 aromatic carbocycles. The van der Waals surface area contributed by atoms with Gasteiger partial charge in [0.1, 0.15) is 5.01 Å². The molecule has 1 heterocycles. The third-order valence-electron chi connectivity index (χ3n) is 3.64. The van der Waals surface area contributed by atoms with Crippen molar-refractivity contribution in [2.45, 2.75) is 39.2 Å². The average Bonchev–Trinajstić information content (AvgIpc) is 3.12. The van der Waals surface area contributed by atoms with Gasteiger partial charge in [-0.3, -0.25) is 4.99 Å². The molecule has 0 aliphatic heterocycles. The molecule has 0 bridgehead atoms. The maximum Gasteiger partial charge on any atom is 0.434 e. The standard InChI is InChI=1S/C18H23F3N4OS.HI/c1-3-8-26-11-14-7-5-4-6-13(14)9-23-17(22-2)24-10-16-25-15(12-27-16)18(19,20)21;/h4-7,12H,3,8-11H2,1-2H3,(H2,22,23,24);1H. The van der Waals surface area contributed by atoms with Crippen molar-refractivity contribution in [2.24, 2.45) is 4.99 Å². The van der Waals surface area contributed by atoms with Crippen LogP contribution in [0.3, 0.4) is 0 Å². The Bertz CT molecular complexity index is 752. The number of hydrogen-bond donors (Lipinski definition) is 2. The van der Waals surface area contributed by atoms with E-state index in [-0.39, 0.29) is 30.5 Å². The van der Waals surface area contributed by atoms with Crippen molar-refractivity contribution in [2.75, 3.05) is 13.7 Å². The van der Waals surface area contributed by atoms with Crippen LogP contribution in [-0.2, 0) is 30.6 Å². The van der Waals surface area contributed by atoms with Gasteiger partial charge in [-0.25, -0.2) is 4.98 Å². The van der Waals surface area contributed by atoms with E-state index in [1.165, 1.54) is 0 Å². The topological polar surface area (TPSA) is 58.5 Å². The summed E-state index contributed by atoms with van der Waals surface area (Å²) >= 11 is 0.964. The minimum Gasteiger partial charge on any atom is -0.377 e. The first-order valence-corrected chi connectivity index (χ1v) is 9.42. The molecule has 0 radical (unpaired) electrons. The molecule has 0 fully saturated rings. The monoisotopic (exact) mass is 528 g/mol. The molecule has 156 valence electrons. The first-order valence-electron chi connectivity index (χ1n) is 8.54. The smallest absolute Gasteiger partial charge is 0.377 e. The van der Waals surface area contributed by atoms with Crippen LogP contribution in [-0.4, -0.2) is 24.6 Å². The predicted octanol–water partition coefficient (Wildman–Crippen LogP) is 4.57. The second-order valence-electron chi connectivity index (χ2n) is 5.72. The summed E-state index contributed by atoms with van der Waals surface area (Å²) in [5.74, 6) is 0.489. The highest BCUT2D eigenvalue weighted by molar-refractivity contribution is 14.0. The lowest BCUT2D eigenvalue weighted by Crippen LogP contribution is -2.36. The van der Waals surface area contributed by atoms with Crippen LogP contribution in [0.1, 0.15) is 35.2 Å². The number of halogens is 4. The van der Waals surface area contributed by atoms with Crippen LogP contribution >= 0.6 is 35.3 Å². The Labute approximate surface area is 183 Å². The first kappa shape index (κ1) is 24.6. The number of guanidine groups is 1. The van der Waals surface area contributed by atoms with Crippen LogP contribution in [0, 0.1) is 0 Å². The van der Waals surface area contributed by atoms with Crippen molar-refractivity contribution in [3.63, 3.8) is 0 Å². The van der Waals surface area contributed by atoms with E-state index in [1.54, 1.807) is 7.05 Å². The number of thiazole rings is 1. The van der Waals surface area contributed by atoms with E-state index in [0.717, 1.165) is 34.3 Å². The summed E-state index contributed by atoms with van der Waals surface area (Å²) in [6, 6.07) is 7.92. The van der Waals surface area contributed by atoms with Gasteiger partial charge < -0.3 is 15.4 Å². The van der Waals surface area contributed by atoms with Crippen molar-refractivity contribution >= 4 is 41.3 Å². The molecule has 2 aromatic rings. The Kier molecular flexibility index (Phi) is 10.8. The molecule has 0 aliphatic rings. The molecule has 10 heteroatoms. The van der Waals surface area contributed by atoms with Crippen molar-refractivity contribution in [1.82, 2.24) is 15.6 Å². The maximum atomic E-state index is 12.6. The van der Waals surface area contributed by atoms with Crippen molar-refractivity contribution in [3.05, 3.63) is 51.5 Å². The number of hydrogen-bond acceptors (Lipinski definition) is 4. The number of alkyl halides is 3. The van der Waals surface area contributed by atoms with Crippen LogP contribution in [0.4, 0.5) is 13.2 Å². The second-order valence-corrected chi connectivity index (χ2v) is 6.67. The molecular formula is C18H24F3IN4OS. The fourth-order valence-corrected chi connectivity index (χ4v) is 3.02. The average molecular weight is 528 g/mol. The van der Waals surface area contributed by atoms with Gasteiger partial charge in [-0.15, -0.1) is 35.3 Å². The van der Waals surface area contributed by atoms with E-state index < -0.39 is 11.9 Å². The quantitative estimate of drug-likeness (QED) is 0.228. The number of ether oxygens (including phenoxy) is 1. The Balaban J connectivity index is 0.00000392. The van der Waals surface area contributed by atoms with Crippen molar-refractivity contribution < 1.29 is 17.9 Å². The molecule has 5 nitrogen and oxygen atoms in total. The third kappa shape index (κ3) is 7.92. The number of benzene rings is 1. The highest BCUT2D eigenvalue weighted by Gasteiger charge is 2.33. The van der Waals surface area contributed by atoms with Gasteiger partial charge in [0, 0.05) is 25.6 Å². The molecule has 0 amide bonds. The normalized spacial score (nSPS) is 11.8. The van der Waals surface area contributed by atoms with Crippen molar-refractivity contribution in [3.8, 4) is 0 Å². The zero-order valence-electron chi connectivity index (χ0n) is 15.7. The number of aromatic nitrogens is 1. The fourth-order valence-electron chi connectivity index (χ4n) is 2.28. The summed E-state index contributed by atoms with van der Waals surface area (Å²) in [5, 5.41) is 7.50. The van der Waals surface area contributed by atoms with Gasteiger partial charge >= 0.3 is 6.18 Å². The van der Waals surface area contributed by atoms with Gasteiger partial charge in [0.15, 0.2) is 11.7 Å².